The molecule has 0 fully saturated rings. The largest absolute Gasteiger partial charge is 0.466 e. The number of hydrogen-bond acceptors (Lipinski definition) is 6. The monoisotopic (exact) mass is 518 g/mol. The van der Waals surface area contributed by atoms with E-state index in [1.807, 2.05) is 66.7 Å². The number of rotatable bonds is 8. The van der Waals surface area contributed by atoms with Crippen molar-refractivity contribution in [2.75, 3.05) is 11.9 Å². The fourth-order valence-electron chi connectivity index (χ4n) is 3.95. The van der Waals surface area contributed by atoms with Gasteiger partial charge < -0.3 is 14.0 Å². The molecule has 3 aromatic carbocycles. The summed E-state index contributed by atoms with van der Waals surface area (Å²) in [5.41, 5.74) is 5.07. The predicted molar refractivity (Wildman–Crippen MR) is 142 cm³/mol. The van der Waals surface area contributed by atoms with Crippen LogP contribution in [0.2, 0.25) is 5.02 Å². The molecule has 0 radical (unpaired) electrons. The van der Waals surface area contributed by atoms with Gasteiger partial charge in [0.25, 0.3) is 0 Å². The van der Waals surface area contributed by atoms with Crippen molar-refractivity contribution in [3.05, 3.63) is 94.6 Å². The number of nitrogens with one attached hydrogen (secondary N) is 1. The van der Waals surface area contributed by atoms with E-state index in [2.05, 4.69) is 10.5 Å². The zero-order valence-electron chi connectivity index (χ0n) is 20.8. The van der Waals surface area contributed by atoms with Crippen LogP contribution >= 0.6 is 11.6 Å². The van der Waals surface area contributed by atoms with Gasteiger partial charge in [0, 0.05) is 16.1 Å². The second kappa shape index (κ2) is 11.8. The van der Waals surface area contributed by atoms with Crippen LogP contribution in [0.15, 0.2) is 77.3 Å². The van der Waals surface area contributed by atoms with Crippen molar-refractivity contribution in [3.63, 3.8) is 0 Å². The van der Waals surface area contributed by atoms with Gasteiger partial charge in [-0.1, -0.05) is 77.4 Å². The molecule has 190 valence electrons. The predicted octanol–water partition coefficient (Wildman–Crippen LogP) is 7.39. The first-order chi connectivity index (χ1) is 17.9. The smallest absolute Gasteiger partial charge is 0.412 e. The average molecular weight is 519 g/mol. The Labute approximate surface area is 220 Å². The first kappa shape index (κ1) is 26.0. The van der Waals surface area contributed by atoms with Gasteiger partial charge in [-0.2, -0.15) is 0 Å². The highest BCUT2D eigenvalue weighted by atomic mass is 35.5. The number of benzene rings is 3. The number of esters is 1. The third-order valence-corrected chi connectivity index (χ3v) is 6.10. The molecule has 0 spiro atoms. The van der Waals surface area contributed by atoms with Gasteiger partial charge in [-0.3, -0.25) is 10.1 Å². The molecule has 7 nitrogen and oxygen atoms in total. The number of amides is 1. The summed E-state index contributed by atoms with van der Waals surface area (Å²) in [7, 11) is 0. The fraction of sp³-hybridized carbons (Fsp3) is 0.207. The number of hydrogen-bond donors (Lipinski definition) is 1. The molecule has 4 rings (SSSR count). The summed E-state index contributed by atoms with van der Waals surface area (Å²) in [4.78, 5) is 24.6. The third-order valence-electron chi connectivity index (χ3n) is 5.76. The third kappa shape index (κ3) is 6.37. The molecule has 0 bridgehead atoms. The van der Waals surface area contributed by atoms with Crippen LogP contribution in [0.5, 0.6) is 0 Å². The first-order valence-corrected chi connectivity index (χ1v) is 12.3. The van der Waals surface area contributed by atoms with Gasteiger partial charge in [0.2, 0.25) is 0 Å². The molecule has 0 saturated carbocycles. The number of anilines is 1. The van der Waals surface area contributed by atoms with Crippen LogP contribution in [0.1, 0.15) is 36.8 Å². The van der Waals surface area contributed by atoms with Crippen molar-refractivity contribution >= 4 is 29.4 Å². The summed E-state index contributed by atoms with van der Waals surface area (Å²) in [6, 6.07) is 22.6. The zero-order valence-corrected chi connectivity index (χ0v) is 21.5. The molecule has 8 heteroatoms. The van der Waals surface area contributed by atoms with E-state index in [4.69, 9.17) is 25.6 Å². The van der Waals surface area contributed by atoms with E-state index in [9.17, 15) is 9.59 Å². The van der Waals surface area contributed by atoms with E-state index in [-0.39, 0.29) is 12.4 Å². The SMILES string of the molecule is CCOC(=O)Cc1cccc(-c2cccc(-c3onc(C)c3NC(=O)OC(C)c3ccccc3Cl)c2)c1. The molecule has 0 aliphatic carbocycles. The number of carbonyl (C=O) groups excluding carboxylic acids is 2. The summed E-state index contributed by atoms with van der Waals surface area (Å²) >= 11 is 6.23. The lowest BCUT2D eigenvalue weighted by Crippen LogP contribution is -2.17. The van der Waals surface area contributed by atoms with Gasteiger partial charge >= 0.3 is 12.1 Å². The lowest BCUT2D eigenvalue weighted by molar-refractivity contribution is -0.142. The highest BCUT2D eigenvalue weighted by molar-refractivity contribution is 6.31. The standard InChI is InChI=1S/C29H27ClN2O5/c1-4-35-26(33)16-20-9-7-10-21(15-20)22-11-8-12-23(17-22)28-27(18(2)32-37-28)31-29(34)36-19(3)24-13-5-6-14-25(24)30/h5-15,17,19H,4,16H2,1-3H3,(H,31,34). The molecule has 1 unspecified atom stereocenters. The van der Waals surface area contributed by atoms with Crippen LogP contribution in [-0.4, -0.2) is 23.8 Å². The number of ether oxygens (including phenoxy) is 2. The number of halogens is 1. The first-order valence-electron chi connectivity index (χ1n) is 11.9. The Morgan fingerprint density at radius 2 is 1.70 bits per heavy atom. The minimum atomic E-state index is -0.650. The van der Waals surface area contributed by atoms with Crippen LogP contribution < -0.4 is 5.32 Å². The van der Waals surface area contributed by atoms with Gasteiger partial charge in [-0.25, -0.2) is 4.79 Å². The summed E-state index contributed by atoms with van der Waals surface area (Å²) < 4.78 is 16.2. The molecule has 4 aromatic rings. The maximum absolute atomic E-state index is 12.7. The average Bonchev–Trinajstić information content (AvgIpc) is 3.24. The van der Waals surface area contributed by atoms with Crippen LogP contribution in [-0.2, 0) is 20.7 Å². The van der Waals surface area contributed by atoms with Gasteiger partial charge in [0.05, 0.1) is 13.0 Å². The zero-order chi connectivity index (χ0) is 26.4. The molecule has 1 atom stereocenters. The van der Waals surface area contributed by atoms with Crippen LogP contribution in [0, 0.1) is 6.92 Å². The number of aryl methyl sites for hydroxylation is 1. The molecular weight excluding hydrogens is 492 g/mol. The molecule has 1 aromatic heterocycles. The van der Waals surface area contributed by atoms with Crippen molar-refractivity contribution in [3.8, 4) is 22.5 Å². The fourth-order valence-corrected chi connectivity index (χ4v) is 4.24. The maximum Gasteiger partial charge on any atom is 0.412 e. The van der Waals surface area contributed by atoms with Crippen molar-refractivity contribution < 1.29 is 23.6 Å². The lowest BCUT2D eigenvalue weighted by atomic mass is 9.99. The number of aromatic nitrogens is 1. The molecule has 1 heterocycles. The van der Waals surface area contributed by atoms with Crippen molar-refractivity contribution in [2.45, 2.75) is 33.3 Å². The van der Waals surface area contributed by atoms with E-state index >= 15 is 0 Å². The Kier molecular flexibility index (Phi) is 8.25. The maximum atomic E-state index is 12.7. The lowest BCUT2D eigenvalue weighted by Gasteiger charge is -2.15. The highest BCUT2D eigenvalue weighted by Gasteiger charge is 2.21. The molecule has 1 N–H and O–H groups in total. The minimum absolute atomic E-state index is 0.200. The Morgan fingerprint density at radius 1 is 1.00 bits per heavy atom. The van der Waals surface area contributed by atoms with Gasteiger partial charge in [-0.05, 0) is 49.6 Å². The van der Waals surface area contributed by atoms with Gasteiger partial charge in [0.1, 0.15) is 17.5 Å². The van der Waals surface area contributed by atoms with Crippen molar-refractivity contribution in [1.29, 1.82) is 0 Å². The minimum Gasteiger partial charge on any atom is -0.466 e. The van der Waals surface area contributed by atoms with E-state index in [0.29, 0.717) is 34.3 Å². The normalized spacial score (nSPS) is 11.6. The van der Waals surface area contributed by atoms with E-state index in [1.165, 1.54) is 0 Å². The second-order valence-electron chi connectivity index (χ2n) is 8.43. The van der Waals surface area contributed by atoms with Gasteiger partial charge in [-0.15, -0.1) is 0 Å². The van der Waals surface area contributed by atoms with E-state index < -0.39 is 12.2 Å². The Hall–Kier alpha value is -4.10. The summed E-state index contributed by atoms with van der Waals surface area (Å²) in [6.45, 7) is 5.62. The molecule has 0 aliphatic heterocycles. The molecule has 0 aliphatic rings. The van der Waals surface area contributed by atoms with Crippen molar-refractivity contribution in [1.82, 2.24) is 5.16 Å². The second-order valence-corrected chi connectivity index (χ2v) is 8.84. The highest BCUT2D eigenvalue weighted by Crippen LogP contribution is 2.34. The quantitative estimate of drug-likeness (QED) is 0.245. The van der Waals surface area contributed by atoms with E-state index in [0.717, 1.165) is 22.3 Å². The Morgan fingerprint density at radius 3 is 2.46 bits per heavy atom. The number of carbonyl (C=O) groups is 2. The molecule has 0 saturated heterocycles. The molecule has 1 amide bonds. The summed E-state index contributed by atoms with van der Waals surface area (Å²) in [5.74, 6) is 0.140. The van der Waals surface area contributed by atoms with Gasteiger partial charge in [0.15, 0.2) is 5.76 Å². The van der Waals surface area contributed by atoms with Crippen LogP contribution in [0.3, 0.4) is 0 Å². The topological polar surface area (TPSA) is 90.7 Å². The summed E-state index contributed by atoms with van der Waals surface area (Å²) in [6.07, 6.45) is -1.00. The van der Waals surface area contributed by atoms with Crippen LogP contribution in [0.4, 0.5) is 10.5 Å². The number of nitrogens with zero attached hydrogens (tertiary/aromatic N) is 1. The van der Waals surface area contributed by atoms with Crippen LogP contribution in [0.25, 0.3) is 22.5 Å². The molecule has 37 heavy (non-hydrogen) atoms. The van der Waals surface area contributed by atoms with E-state index in [1.54, 1.807) is 26.8 Å². The Balaban J connectivity index is 1.54. The Bertz CT molecular complexity index is 1410. The van der Waals surface area contributed by atoms with Crippen molar-refractivity contribution in [2.24, 2.45) is 0 Å². The summed E-state index contributed by atoms with van der Waals surface area (Å²) in [5, 5.41) is 7.33. The molecular formula is C29H27ClN2O5.